The smallest absolute Gasteiger partial charge is 0.239 e. The van der Waals surface area contributed by atoms with Crippen LogP contribution in [0.5, 0.6) is 0 Å². The molecule has 1 saturated heterocycles. The molecule has 0 aliphatic carbocycles. The Bertz CT molecular complexity index is 690. The molecule has 1 amide bonds. The van der Waals surface area contributed by atoms with Gasteiger partial charge in [-0.15, -0.1) is 12.4 Å². The van der Waals surface area contributed by atoms with Gasteiger partial charge in [-0.3, -0.25) is 4.79 Å². The number of carbonyl (C=O) groups is 1. The van der Waals surface area contributed by atoms with E-state index in [1.807, 2.05) is 26.1 Å². The van der Waals surface area contributed by atoms with Crippen LogP contribution >= 0.6 is 24.0 Å². The molecule has 1 fully saturated rings. The summed E-state index contributed by atoms with van der Waals surface area (Å²) in [5.41, 5.74) is 0.838. The predicted molar refractivity (Wildman–Crippen MR) is 94.9 cm³/mol. The summed E-state index contributed by atoms with van der Waals surface area (Å²) >= 11 is 5.89. The molecule has 24 heavy (non-hydrogen) atoms. The van der Waals surface area contributed by atoms with Crippen LogP contribution in [-0.4, -0.2) is 35.7 Å². The molecule has 1 aromatic heterocycles. The van der Waals surface area contributed by atoms with Crippen LogP contribution in [0.4, 0.5) is 5.69 Å². The van der Waals surface area contributed by atoms with Gasteiger partial charge in [-0.05, 0) is 44.7 Å². The molecule has 3 rings (SSSR count). The lowest BCUT2D eigenvalue weighted by Crippen LogP contribution is -2.26. The van der Waals surface area contributed by atoms with Crippen molar-refractivity contribution >= 4 is 35.6 Å². The summed E-state index contributed by atoms with van der Waals surface area (Å²) in [5, 5.41) is 7.75. The van der Waals surface area contributed by atoms with Crippen molar-refractivity contribution in [1.82, 2.24) is 15.5 Å². The molecule has 1 aromatic carbocycles. The zero-order chi connectivity index (χ0) is 16.4. The first-order valence-corrected chi connectivity index (χ1v) is 8.03. The van der Waals surface area contributed by atoms with Gasteiger partial charge in [0.25, 0.3) is 0 Å². The molecule has 2 unspecified atom stereocenters. The van der Waals surface area contributed by atoms with Crippen LogP contribution in [0.15, 0.2) is 28.8 Å². The molecule has 0 spiro atoms. The van der Waals surface area contributed by atoms with Crippen LogP contribution in [0, 0.1) is 0 Å². The van der Waals surface area contributed by atoms with Crippen LogP contribution in [0.1, 0.15) is 31.0 Å². The van der Waals surface area contributed by atoms with Gasteiger partial charge in [-0.1, -0.05) is 16.8 Å². The van der Waals surface area contributed by atoms with Crippen molar-refractivity contribution in [2.45, 2.75) is 31.7 Å². The van der Waals surface area contributed by atoms with E-state index in [1.165, 1.54) is 0 Å². The molecular formula is C16H20Cl2N4O2. The monoisotopic (exact) mass is 370 g/mol. The van der Waals surface area contributed by atoms with Crippen molar-refractivity contribution in [3.63, 3.8) is 0 Å². The van der Waals surface area contributed by atoms with E-state index < -0.39 is 0 Å². The summed E-state index contributed by atoms with van der Waals surface area (Å²) < 4.78 is 5.31. The topological polar surface area (TPSA) is 71.3 Å². The SMILES string of the molecule is CNC(C)Cc1noc(C2CCN(c3ccc(Cl)cc3)C2=O)n1.Cl. The fourth-order valence-electron chi connectivity index (χ4n) is 2.65. The summed E-state index contributed by atoms with van der Waals surface area (Å²) in [6.07, 6.45) is 1.34. The van der Waals surface area contributed by atoms with Crippen LogP contribution in [0.25, 0.3) is 0 Å². The molecule has 0 radical (unpaired) electrons. The molecule has 130 valence electrons. The number of anilines is 1. The fourth-order valence-corrected chi connectivity index (χ4v) is 2.78. The summed E-state index contributed by atoms with van der Waals surface area (Å²) in [7, 11) is 1.89. The predicted octanol–water partition coefficient (Wildman–Crippen LogP) is 2.82. The standard InChI is InChI=1S/C16H19ClN4O2.ClH/c1-10(18-2)9-14-19-15(23-20-14)13-7-8-21(16(13)22)12-5-3-11(17)4-6-12;/h3-6,10,13,18H,7-9H2,1-2H3;1H. The molecule has 6 nitrogen and oxygen atoms in total. The number of nitrogens with one attached hydrogen (secondary N) is 1. The summed E-state index contributed by atoms with van der Waals surface area (Å²) in [6, 6.07) is 7.50. The molecule has 2 heterocycles. The molecule has 0 bridgehead atoms. The third-order valence-corrected chi connectivity index (χ3v) is 4.36. The number of hydrogen-bond acceptors (Lipinski definition) is 5. The van der Waals surface area contributed by atoms with Gasteiger partial charge in [0.1, 0.15) is 5.92 Å². The molecular weight excluding hydrogens is 351 g/mol. The Labute approximate surface area is 152 Å². The second-order valence-electron chi connectivity index (χ2n) is 5.75. The maximum atomic E-state index is 12.6. The van der Waals surface area contributed by atoms with Gasteiger partial charge in [-0.25, -0.2) is 0 Å². The van der Waals surface area contributed by atoms with Gasteiger partial charge in [-0.2, -0.15) is 4.98 Å². The number of rotatable bonds is 5. The fraction of sp³-hybridized carbons (Fsp3) is 0.438. The van der Waals surface area contributed by atoms with E-state index >= 15 is 0 Å². The normalized spacial score (nSPS) is 18.5. The maximum Gasteiger partial charge on any atom is 0.239 e. The van der Waals surface area contributed by atoms with Crippen molar-refractivity contribution in [3.05, 3.63) is 41.0 Å². The molecule has 2 atom stereocenters. The minimum absolute atomic E-state index is 0. The first kappa shape index (κ1) is 18.7. The number of carbonyl (C=O) groups excluding carboxylic acids is 1. The minimum atomic E-state index is -0.364. The molecule has 8 heteroatoms. The number of hydrogen-bond donors (Lipinski definition) is 1. The Balaban J connectivity index is 0.00000208. The lowest BCUT2D eigenvalue weighted by atomic mass is 10.1. The van der Waals surface area contributed by atoms with Crippen molar-refractivity contribution in [2.75, 3.05) is 18.5 Å². The van der Waals surface area contributed by atoms with Crippen molar-refractivity contribution in [3.8, 4) is 0 Å². The van der Waals surface area contributed by atoms with Crippen molar-refractivity contribution in [1.29, 1.82) is 0 Å². The quantitative estimate of drug-likeness (QED) is 0.875. The first-order chi connectivity index (χ1) is 11.1. The Morgan fingerprint density at radius 3 is 2.79 bits per heavy atom. The van der Waals surface area contributed by atoms with Gasteiger partial charge in [0, 0.05) is 29.7 Å². The molecule has 1 N–H and O–H groups in total. The van der Waals surface area contributed by atoms with E-state index in [0.29, 0.717) is 36.1 Å². The highest BCUT2D eigenvalue weighted by atomic mass is 35.5. The third-order valence-electron chi connectivity index (χ3n) is 4.11. The largest absolute Gasteiger partial charge is 0.338 e. The van der Waals surface area contributed by atoms with Gasteiger partial charge in [0.2, 0.25) is 11.8 Å². The second-order valence-corrected chi connectivity index (χ2v) is 6.19. The number of nitrogens with zero attached hydrogens (tertiary/aromatic N) is 3. The average Bonchev–Trinajstić information content (AvgIpc) is 3.14. The number of amides is 1. The van der Waals surface area contributed by atoms with E-state index in [4.69, 9.17) is 16.1 Å². The summed E-state index contributed by atoms with van der Waals surface area (Å²) in [6.45, 7) is 2.68. The Morgan fingerprint density at radius 1 is 1.42 bits per heavy atom. The first-order valence-electron chi connectivity index (χ1n) is 7.65. The van der Waals surface area contributed by atoms with E-state index in [2.05, 4.69) is 15.5 Å². The molecule has 2 aromatic rings. The van der Waals surface area contributed by atoms with Crippen LogP contribution in [-0.2, 0) is 11.2 Å². The third kappa shape index (κ3) is 3.88. The van der Waals surface area contributed by atoms with Gasteiger partial charge in [0.15, 0.2) is 5.82 Å². The van der Waals surface area contributed by atoms with Gasteiger partial charge in [0.05, 0.1) is 0 Å². The zero-order valence-electron chi connectivity index (χ0n) is 13.5. The number of aromatic nitrogens is 2. The van der Waals surface area contributed by atoms with Crippen LogP contribution < -0.4 is 10.2 Å². The lowest BCUT2D eigenvalue weighted by Gasteiger charge is -2.16. The highest BCUT2D eigenvalue weighted by Crippen LogP contribution is 2.31. The summed E-state index contributed by atoms with van der Waals surface area (Å²) in [4.78, 5) is 18.8. The number of likely N-dealkylation sites (N-methyl/N-ethyl adjacent to an activating group) is 1. The molecule has 1 aliphatic rings. The van der Waals surface area contributed by atoms with E-state index in [1.54, 1.807) is 17.0 Å². The molecule has 0 saturated carbocycles. The van der Waals surface area contributed by atoms with E-state index in [-0.39, 0.29) is 30.3 Å². The van der Waals surface area contributed by atoms with Gasteiger partial charge < -0.3 is 14.7 Å². The van der Waals surface area contributed by atoms with E-state index in [0.717, 1.165) is 5.69 Å². The average molecular weight is 371 g/mol. The van der Waals surface area contributed by atoms with Crippen LogP contribution in [0.3, 0.4) is 0 Å². The molecule has 1 aliphatic heterocycles. The highest BCUT2D eigenvalue weighted by molar-refractivity contribution is 6.30. The zero-order valence-corrected chi connectivity index (χ0v) is 15.1. The van der Waals surface area contributed by atoms with Crippen molar-refractivity contribution in [2.24, 2.45) is 0 Å². The Morgan fingerprint density at radius 2 is 2.12 bits per heavy atom. The highest BCUT2D eigenvalue weighted by Gasteiger charge is 2.37. The maximum absolute atomic E-state index is 12.6. The number of halogens is 2. The second kappa shape index (κ2) is 7.96. The van der Waals surface area contributed by atoms with Crippen molar-refractivity contribution < 1.29 is 9.32 Å². The van der Waals surface area contributed by atoms with Crippen LogP contribution in [0.2, 0.25) is 5.02 Å². The van der Waals surface area contributed by atoms with E-state index in [9.17, 15) is 4.79 Å². The summed E-state index contributed by atoms with van der Waals surface area (Å²) in [5.74, 6) is 0.658. The van der Waals surface area contributed by atoms with Gasteiger partial charge >= 0.3 is 0 Å². The number of benzene rings is 1. The Hall–Kier alpha value is -1.63. The minimum Gasteiger partial charge on any atom is -0.338 e. The Kier molecular flexibility index (Phi) is 6.21. The lowest BCUT2D eigenvalue weighted by molar-refractivity contribution is -0.118.